The van der Waals surface area contributed by atoms with Crippen molar-refractivity contribution in [2.75, 3.05) is 12.4 Å². The van der Waals surface area contributed by atoms with E-state index >= 15 is 0 Å². The van der Waals surface area contributed by atoms with E-state index in [2.05, 4.69) is 51.8 Å². The van der Waals surface area contributed by atoms with Crippen LogP contribution >= 0.6 is 11.8 Å². The van der Waals surface area contributed by atoms with E-state index in [9.17, 15) is 0 Å². The quantitative estimate of drug-likeness (QED) is 0.783. The molecule has 27 heavy (non-hydrogen) atoms. The molecule has 0 saturated carbocycles. The van der Waals surface area contributed by atoms with Crippen LogP contribution < -0.4 is 0 Å². The molecule has 0 aromatic carbocycles. The van der Waals surface area contributed by atoms with Crippen molar-refractivity contribution in [3.8, 4) is 0 Å². The largest absolute Gasteiger partial charge is 0.376 e. The summed E-state index contributed by atoms with van der Waals surface area (Å²) in [5, 5.41) is 1.19. The van der Waals surface area contributed by atoms with Gasteiger partial charge in [-0.25, -0.2) is 0 Å². The molecular formula is C21H26N4OS. The molecule has 0 radical (unpaired) electrons. The van der Waals surface area contributed by atoms with E-state index in [0.717, 1.165) is 37.4 Å². The van der Waals surface area contributed by atoms with E-state index in [-0.39, 0.29) is 12.1 Å². The van der Waals surface area contributed by atoms with Gasteiger partial charge < -0.3 is 14.2 Å². The topological polar surface area (TPSA) is 42.6 Å². The molecule has 2 saturated heterocycles. The summed E-state index contributed by atoms with van der Waals surface area (Å²) in [5.74, 6) is 1.13. The van der Waals surface area contributed by atoms with Gasteiger partial charge in [0.15, 0.2) is 5.17 Å². The standard InChI is InChI=1S/C21H26N4OS/c1-2-15-14-27-21-23-19(17-8-3-4-10-22-17)20(25(15)21)18-9-5-11-24(18)13-16-7-6-12-26-16/h3-5,8-11,15-16,19-20H,2,6-7,12-14H2,1H3/t15-,16-,19-,20+/m1/s1. The van der Waals surface area contributed by atoms with Crippen LogP contribution in [0.15, 0.2) is 47.7 Å². The summed E-state index contributed by atoms with van der Waals surface area (Å²) in [5.41, 5.74) is 2.39. The lowest BCUT2D eigenvalue weighted by molar-refractivity contribution is 0.0950. The second-order valence-corrected chi connectivity index (χ2v) is 8.54. The number of fused-ring (bicyclic) bond motifs is 1. The van der Waals surface area contributed by atoms with Crippen LogP contribution in [0.4, 0.5) is 0 Å². The number of nitrogens with zero attached hydrogens (tertiary/aromatic N) is 4. The van der Waals surface area contributed by atoms with Gasteiger partial charge in [-0.2, -0.15) is 0 Å². The Balaban J connectivity index is 1.52. The molecule has 5 rings (SSSR count). The molecule has 3 aliphatic rings. The summed E-state index contributed by atoms with van der Waals surface area (Å²) in [6, 6.07) is 11.4. The smallest absolute Gasteiger partial charge is 0.160 e. The minimum atomic E-state index is 0.0567. The van der Waals surface area contributed by atoms with Crippen molar-refractivity contribution in [2.45, 2.75) is 57.0 Å². The van der Waals surface area contributed by atoms with Gasteiger partial charge in [0, 0.05) is 43.0 Å². The van der Waals surface area contributed by atoms with Crippen molar-refractivity contribution < 1.29 is 4.74 Å². The highest BCUT2D eigenvalue weighted by molar-refractivity contribution is 8.14. The first-order chi connectivity index (χ1) is 13.3. The third kappa shape index (κ3) is 3.09. The molecule has 6 heteroatoms. The maximum Gasteiger partial charge on any atom is 0.160 e. The van der Waals surface area contributed by atoms with Crippen LogP contribution in [-0.4, -0.2) is 44.1 Å². The molecule has 2 aromatic heterocycles. The lowest BCUT2D eigenvalue weighted by Crippen LogP contribution is -2.36. The lowest BCUT2D eigenvalue weighted by Gasteiger charge is -2.32. The Morgan fingerprint density at radius 2 is 2.22 bits per heavy atom. The van der Waals surface area contributed by atoms with Crippen molar-refractivity contribution in [2.24, 2.45) is 4.99 Å². The zero-order valence-corrected chi connectivity index (χ0v) is 16.5. The number of ether oxygens (including phenoxy) is 1. The predicted octanol–water partition coefficient (Wildman–Crippen LogP) is 4.04. The fourth-order valence-corrected chi connectivity index (χ4v) is 5.88. The van der Waals surface area contributed by atoms with Crippen LogP contribution in [0.2, 0.25) is 0 Å². The minimum Gasteiger partial charge on any atom is -0.376 e. The second kappa shape index (κ2) is 7.32. The first-order valence-electron chi connectivity index (χ1n) is 10.0. The van der Waals surface area contributed by atoms with Gasteiger partial charge in [0.1, 0.15) is 6.04 Å². The van der Waals surface area contributed by atoms with E-state index in [1.54, 1.807) is 0 Å². The van der Waals surface area contributed by atoms with Crippen LogP contribution in [0.3, 0.4) is 0 Å². The summed E-state index contributed by atoms with van der Waals surface area (Å²) in [6.07, 6.45) is 7.89. The summed E-state index contributed by atoms with van der Waals surface area (Å²) >= 11 is 1.90. The first kappa shape index (κ1) is 17.3. The SMILES string of the molecule is CC[C@@H]1CSC2=N[C@H](c3ccccn3)[C@H](c3cccn3C[C@H]3CCCO3)N21. The Bertz CT molecular complexity index is 815. The number of rotatable bonds is 5. The molecule has 142 valence electrons. The first-order valence-corrected chi connectivity index (χ1v) is 11.0. The predicted molar refractivity (Wildman–Crippen MR) is 109 cm³/mol. The molecule has 5 nitrogen and oxygen atoms in total. The van der Waals surface area contributed by atoms with Gasteiger partial charge in [-0.05, 0) is 43.5 Å². The number of hydrogen-bond acceptors (Lipinski definition) is 5. The van der Waals surface area contributed by atoms with Gasteiger partial charge in [0.2, 0.25) is 0 Å². The molecule has 0 aliphatic carbocycles. The number of amidine groups is 1. The van der Waals surface area contributed by atoms with Crippen LogP contribution in [0.5, 0.6) is 0 Å². The molecule has 0 amide bonds. The van der Waals surface area contributed by atoms with Crippen molar-refractivity contribution in [1.29, 1.82) is 0 Å². The summed E-state index contributed by atoms with van der Waals surface area (Å²) in [4.78, 5) is 12.3. The Hall–Kier alpha value is -1.79. The number of thioether (sulfide) groups is 1. The molecular weight excluding hydrogens is 356 g/mol. The van der Waals surface area contributed by atoms with Gasteiger partial charge >= 0.3 is 0 Å². The van der Waals surface area contributed by atoms with E-state index < -0.39 is 0 Å². The second-order valence-electron chi connectivity index (χ2n) is 7.56. The molecule has 2 fully saturated rings. The number of aliphatic imine (C=N–C) groups is 1. The Morgan fingerprint density at radius 3 is 3.00 bits per heavy atom. The van der Waals surface area contributed by atoms with E-state index in [1.807, 2.05) is 24.0 Å². The molecule has 2 aromatic rings. The lowest BCUT2D eigenvalue weighted by atomic mass is 9.99. The minimum absolute atomic E-state index is 0.0567. The Labute approximate surface area is 164 Å². The van der Waals surface area contributed by atoms with Gasteiger partial charge in [-0.1, -0.05) is 24.8 Å². The average molecular weight is 383 g/mol. The summed E-state index contributed by atoms with van der Waals surface area (Å²) < 4.78 is 8.30. The van der Waals surface area contributed by atoms with E-state index in [0.29, 0.717) is 12.1 Å². The molecule has 0 unspecified atom stereocenters. The van der Waals surface area contributed by atoms with Crippen molar-refractivity contribution in [3.05, 3.63) is 54.1 Å². The van der Waals surface area contributed by atoms with Crippen LogP contribution in [0.1, 0.15) is 49.7 Å². The van der Waals surface area contributed by atoms with Crippen LogP contribution in [-0.2, 0) is 11.3 Å². The third-order valence-electron chi connectivity index (χ3n) is 5.92. The molecule has 0 spiro atoms. The molecule has 5 heterocycles. The average Bonchev–Trinajstić information content (AvgIpc) is 3.47. The van der Waals surface area contributed by atoms with Crippen molar-refractivity contribution in [3.63, 3.8) is 0 Å². The number of hydrogen-bond donors (Lipinski definition) is 0. The normalized spacial score (nSPS) is 30.0. The highest BCUT2D eigenvalue weighted by Crippen LogP contribution is 2.48. The van der Waals surface area contributed by atoms with Crippen LogP contribution in [0.25, 0.3) is 0 Å². The van der Waals surface area contributed by atoms with Crippen LogP contribution in [0, 0.1) is 0 Å². The number of aromatic nitrogens is 2. The highest BCUT2D eigenvalue weighted by Gasteiger charge is 2.46. The maximum absolute atomic E-state index is 5.90. The van der Waals surface area contributed by atoms with E-state index in [1.165, 1.54) is 17.3 Å². The fraction of sp³-hybridized carbons (Fsp3) is 0.524. The van der Waals surface area contributed by atoms with Crippen molar-refractivity contribution in [1.82, 2.24) is 14.5 Å². The number of pyridine rings is 1. The van der Waals surface area contributed by atoms with E-state index in [4.69, 9.17) is 9.73 Å². The van der Waals surface area contributed by atoms with Crippen molar-refractivity contribution >= 4 is 16.9 Å². The van der Waals surface area contributed by atoms with Gasteiger partial charge in [-0.3, -0.25) is 9.98 Å². The zero-order chi connectivity index (χ0) is 18.2. The summed E-state index contributed by atoms with van der Waals surface area (Å²) in [6.45, 7) is 4.11. The fourth-order valence-electron chi connectivity index (χ4n) is 4.54. The Kier molecular flexibility index (Phi) is 4.70. The molecule has 0 N–H and O–H groups in total. The molecule has 0 bridgehead atoms. The molecule has 3 aliphatic heterocycles. The van der Waals surface area contributed by atoms with Gasteiger partial charge in [0.05, 0.1) is 17.8 Å². The van der Waals surface area contributed by atoms with Gasteiger partial charge in [0.25, 0.3) is 0 Å². The Morgan fingerprint density at radius 1 is 1.26 bits per heavy atom. The monoisotopic (exact) mass is 382 g/mol. The third-order valence-corrected chi connectivity index (χ3v) is 7.05. The summed E-state index contributed by atoms with van der Waals surface area (Å²) in [7, 11) is 0. The molecule has 4 atom stereocenters. The highest BCUT2D eigenvalue weighted by atomic mass is 32.2. The van der Waals surface area contributed by atoms with Gasteiger partial charge in [-0.15, -0.1) is 0 Å². The maximum atomic E-state index is 5.90. The zero-order valence-electron chi connectivity index (χ0n) is 15.7.